The Morgan fingerprint density at radius 1 is 1.17 bits per heavy atom. The number of pyridine rings is 1. The third-order valence-corrected chi connectivity index (χ3v) is 5.01. The van der Waals surface area contributed by atoms with Crippen LogP contribution in [0.15, 0.2) is 79.5 Å². The number of benzene rings is 3. The van der Waals surface area contributed by atoms with Gasteiger partial charge in [0.2, 0.25) is 5.91 Å². The lowest BCUT2D eigenvalue weighted by Gasteiger charge is -2.16. The van der Waals surface area contributed by atoms with E-state index in [1.54, 1.807) is 42.5 Å². The number of carbonyl (C=O) groups is 1. The van der Waals surface area contributed by atoms with Gasteiger partial charge in [-0.15, -0.1) is 0 Å². The van der Waals surface area contributed by atoms with Gasteiger partial charge in [0, 0.05) is 29.4 Å². The van der Waals surface area contributed by atoms with Gasteiger partial charge >= 0.3 is 0 Å². The zero-order chi connectivity index (χ0) is 24.8. The van der Waals surface area contributed by atoms with E-state index in [0.29, 0.717) is 46.1 Å². The third kappa shape index (κ3) is 5.20. The van der Waals surface area contributed by atoms with Crippen molar-refractivity contribution < 1.29 is 18.7 Å². The lowest BCUT2D eigenvalue weighted by atomic mass is 10.1. The summed E-state index contributed by atoms with van der Waals surface area (Å²) >= 11 is 0. The van der Waals surface area contributed by atoms with Gasteiger partial charge in [0.1, 0.15) is 17.6 Å². The number of aromatic nitrogens is 1. The number of hydrogen-bond donors (Lipinski definition) is 2. The van der Waals surface area contributed by atoms with Crippen LogP contribution in [0.3, 0.4) is 0 Å². The molecule has 1 amide bonds. The molecule has 35 heavy (non-hydrogen) atoms. The van der Waals surface area contributed by atoms with Crippen LogP contribution >= 0.6 is 0 Å². The molecule has 174 valence electrons. The molecule has 1 aromatic heterocycles. The second kappa shape index (κ2) is 10.4. The van der Waals surface area contributed by atoms with Crippen molar-refractivity contribution in [2.75, 3.05) is 17.2 Å². The van der Waals surface area contributed by atoms with Crippen LogP contribution < -0.4 is 20.1 Å². The van der Waals surface area contributed by atoms with Gasteiger partial charge in [-0.25, -0.2) is 4.39 Å². The normalized spacial score (nSPS) is 10.3. The Kier molecular flexibility index (Phi) is 6.88. The molecule has 1 heterocycles. The summed E-state index contributed by atoms with van der Waals surface area (Å²) < 4.78 is 26.0. The largest absolute Gasteiger partial charge is 0.492 e. The smallest absolute Gasteiger partial charge is 0.247 e. The maximum absolute atomic E-state index is 14.8. The Balaban J connectivity index is 1.74. The zero-order valence-corrected chi connectivity index (χ0v) is 18.8. The number of anilines is 3. The first-order valence-electron chi connectivity index (χ1n) is 10.7. The van der Waals surface area contributed by atoms with Crippen molar-refractivity contribution in [3.05, 3.63) is 90.9 Å². The summed E-state index contributed by atoms with van der Waals surface area (Å²) in [6.07, 6.45) is 2.57. The number of nitrogens with one attached hydrogen (secondary N) is 2. The average molecular weight is 468 g/mol. The summed E-state index contributed by atoms with van der Waals surface area (Å²) in [6.45, 7) is 5.67. The van der Waals surface area contributed by atoms with Crippen molar-refractivity contribution in [2.24, 2.45) is 0 Å². The van der Waals surface area contributed by atoms with E-state index in [-0.39, 0.29) is 11.3 Å². The lowest BCUT2D eigenvalue weighted by molar-refractivity contribution is -0.111. The van der Waals surface area contributed by atoms with E-state index in [1.807, 2.05) is 13.0 Å². The molecule has 0 saturated heterocycles. The maximum atomic E-state index is 14.8. The summed E-state index contributed by atoms with van der Waals surface area (Å²) in [5, 5.41) is 16.0. The zero-order valence-electron chi connectivity index (χ0n) is 18.8. The minimum absolute atomic E-state index is 0.0672. The lowest BCUT2D eigenvalue weighted by Crippen LogP contribution is -2.09. The molecule has 0 bridgehead atoms. The van der Waals surface area contributed by atoms with Crippen LogP contribution in [0.1, 0.15) is 12.5 Å². The van der Waals surface area contributed by atoms with E-state index >= 15 is 0 Å². The van der Waals surface area contributed by atoms with Crippen molar-refractivity contribution in [1.29, 1.82) is 5.26 Å². The number of para-hydroxylation sites is 1. The highest BCUT2D eigenvalue weighted by Gasteiger charge is 2.16. The molecule has 0 unspecified atom stereocenters. The predicted octanol–water partition coefficient (Wildman–Crippen LogP) is 6.30. The third-order valence-electron chi connectivity index (χ3n) is 5.01. The van der Waals surface area contributed by atoms with E-state index in [1.165, 1.54) is 18.3 Å². The predicted molar refractivity (Wildman–Crippen MR) is 133 cm³/mol. The van der Waals surface area contributed by atoms with Gasteiger partial charge in [-0.3, -0.25) is 9.78 Å². The molecule has 3 aromatic carbocycles. The monoisotopic (exact) mass is 468 g/mol. The molecule has 4 rings (SSSR count). The van der Waals surface area contributed by atoms with Crippen molar-refractivity contribution in [3.63, 3.8) is 0 Å². The van der Waals surface area contributed by atoms with Crippen LogP contribution in [0.2, 0.25) is 0 Å². The quantitative estimate of drug-likeness (QED) is 0.294. The van der Waals surface area contributed by atoms with Crippen molar-refractivity contribution in [1.82, 2.24) is 4.98 Å². The SMILES string of the molecule is C=CC(=O)Nc1cc2c(Nc3ccc(Oc4ccccc4)c(F)c3)c(C#N)cnc2cc1OCC. The number of nitrogens with zero attached hydrogens (tertiary/aromatic N) is 2. The van der Waals surface area contributed by atoms with Crippen molar-refractivity contribution >= 4 is 33.9 Å². The molecule has 4 aromatic rings. The Morgan fingerprint density at radius 3 is 2.66 bits per heavy atom. The van der Waals surface area contributed by atoms with Gasteiger partial charge in [0.15, 0.2) is 11.6 Å². The molecular weight excluding hydrogens is 447 g/mol. The molecule has 0 aliphatic rings. The van der Waals surface area contributed by atoms with Gasteiger partial charge in [-0.2, -0.15) is 5.26 Å². The Bertz CT molecular complexity index is 1450. The van der Waals surface area contributed by atoms with Gasteiger partial charge in [0.25, 0.3) is 0 Å². The van der Waals surface area contributed by atoms with E-state index in [4.69, 9.17) is 9.47 Å². The first-order chi connectivity index (χ1) is 17.0. The molecule has 0 aliphatic carbocycles. The van der Waals surface area contributed by atoms with Gasteiger partial charge in [-0.05, 0) is 43.3 Å². The first-order valence-corrected chi connectivity index (χ1v) is 10.7. The Labute approximate surface area is 201 Å². The van der Waals surface area contributed by atoms with Crippen molar-refractivity contribution in [3.8, 4) is 23.3 Å². The van der Waals surface area contributed by atoms with E-state index < -0.39 is 11.7 Å². The molecule has 0 saturated carbocycles. The fourth-order valence-electron chi connectivity index (χ4n) is 3.42. The molecule has 0 aliphatic heterocycles. The van der Waals surface area contributed by atoms with E-state index in [9.17, 15) is 14.4 Å². The van der Waals surface area contributed by atoms with Gasteiger partial charge < -0.3 is 20.1 Å². The molecule has 0 radical (unpaired) electrons. The Hall–Kier alpha value is -4.90. The molecule has 0 spiro atoms. The number of hydrogen-bond acceptors (Lipinski definition) is 6. The summed E-state index contributed by atoms with van der Waals surface area (Å²) in [7, 11) is 0. The van der Waals surface area contributed by atoms with Crippen LogP contribution in [0.5, 0.6) is 17.2 Å². The van der Waals surface area contributed by atoms with Crippen LogP contribution in [-0.4, -0.2) is 17.5 Å². The topological polar surface area (TPSA) is 96.3 Å². The Morgan fingerprint density at radius 2 is 1.97 bits per heavy atom. The van der Waals surface area contributed by atoms with Crippen LogP contribution in [0.4, 0.5) is 21.5 Å². The molecular formula is C27H21FN4O3. The van der Waals surface area contributed by atoms with Crippen LogP contribution in [-0.2, 0) is 4.79 Å². The minimum atomic E-state index is -0.576. The number of halogens is 1. The number of carbonyl (C=O) groups excluding carboxylic acids is 1. The van der Waals surface area contributed by atoms with Gasteiger partial charge in [0.05, 0.1) is 29.1 Å². The summed E-state index contributed by atoms with van der Waals surface area (Å²) in [5.41, 5.74) is 1.97. The van der Waals surface area contributed by atoms with Crippen molar-refractivity contribution in [2.45, 2.75) is 6.92 Å². The fraction of sp³-hybridized carbons (Fsp3) is 0.0741. The first kappa shape index (κ1) is 23.3. The number of nitriles is 1. The molecule has 8 heteroatoms. The van der Waals surface area contributed by atoms with E-state index in [2.05, 4.69) is 28.3 Å². The van der Waals surface area contributed by atoms with Gasteiger partial charge in [-0.1, -0.05) is 24.8 Å². The second-order valence-corrected chi connectivity index (χ2v) is 7.34. The van der Waals surface area contributed by atoms with E-state index in [0.717, 1.165) is 6.08 Å². The minimum Gasteiger partial charge on any atom is -0.492 e. The number of fused-ring (bicyclic) bond motifs is 1. The second-order valence-electron chi connectivity index (χ2n) is 7.34. The molecule has 2 N–H and O–H groups in total. The molecule has 0 atom stereocenters. The maximum Gasteiger partial charge on any atom is 0.247 e. The highest BCUT2D eigenvalue weighted by atomic mass is 19.1. The van der Waals surface area contributed by atoms with Crippen LogP contribution in [0, 0.1) is 17.1 Å². The number of ether oxygens (including phenoxy) is 2. The standard InChI is InChI=1S/C27H21FN4O3/c1-3-26(33)32-23-13-20-22(14-25(23)34-4-2)30-16-17(15-29)27(20)31-18-10-11-24(21(28)12-18)35-19-8-6-5-7-9-19/h3,5-14,16H,1,4H2,2H3,(H,30,31)(H,32,33). The summed E-state index contributed by atoms with van der Waals surface area (Å²) in [5.74, 6) is 0.0104. The average Bonchev–Trinajstić information content (AvgIpc) is 2.87. The number of amides is 1. The molecule has 0 fully saturated rings. The fourth-order valence-corrected chi connectivity index (χ4v) is 3.42. The van der Waals surface area contributed by atoms with Crippen LogP contribution in [0.25, 0.3) is 10.9 Å². The highest BCUT2D eigenvalue weighted by molar-refractivity contribution is 6.04. The number of rotatable bonds is 8. The highest BCUT2D eigenvalue weighted by Crippen LogP contribution is 2.37. The molecule has 7 nitrogen and oxygen atoms in total. The summed E-state index contributed by atoms with van der Waals surface area (Å²) in [6, 6.07) is 18.7. The summed E-state index contributed by atoms with van der Waals surface area (Å²) in [4.78, 5) is 16.3.